The molecule has 1 aromatic rings. The lowest BCUT2D eigenvalue weighted by Crippen LogP contribution is -2.53. The highest BCUT2D eigenvalue weighted by molar-refractivity contribution is 7.99. The van der Waals surface area contributed by atoms with Crippen LogP contribution in [0.3, 0.4) is 0 Å². The molecule has 2 rings (SSSR count). The molecule has 1 aromatic heterocycles. The van der Waals surface area contributed by atoms with E-state index in [1.54, 1.807) is 36.1 Å². The van der Waals surface area contributed by atoms with E-state index in [2.05, 4.69) is 11.1 Å². The Bertz CT molecular complexity index is 479. The zero-order valence-corrected chi connectivity index (χ0v) is 11.8. The van der Waals surface area contributed by atoms with Gasteiger partial charge in [0.05, 0.1) is 11.8 Å². The Hall–Kier alpha value is -1.54. The van der Waals surface area contributed by atoms with Crippen LogP contribution in [0, 0.1) is 11.3 Å². The maximum Gasteiger partial charge on any atom is 0.233 e. The standard InChI is InChI=1S/C14H17N3OS/c1-17(14(11-15)5-2-6-14)13(18)10-19-9-12-3-7-16-8-4-12/h3-4,7-8H,2,5-6,9-10H2,1H3. The quantitative estimate of drug-likeness (QED) is 0.826. The van der Waals surface area contributed by atoms with Crippen molar-refractivity contribution < 1.29 is 4.79 Å². The van der Waals surface area contributed by atoms with Crippen molar-refractivity contribution in [1.82, 2.24) is 9.88 Å². The Balaban J connectivity index is 1.80. The fraction of sp³-hybridized carbons (Fsp3) is 0.500. The molecule has 0 aromatic carbocycles. The van der Waals surface area contributed by atoms with Crippen molar-refractivity contribution in [3.05, 3.63) is 30.1 Å². The summed E-state index contributed by atoms with van der Waals surface area (Å²) in [4.78, 5) is 17.7. The molecule has 19 heavy (non-hydrogen) atoms. The lowest BCUT2D eigenvalue weighted by atomic mass is 9.77. The molecule has 0 atom stereocenters. The minimum atomic E-state index is -0.533. The molecule has 0 aliphatic heterocycles. The van der Waals surface area contributed by atoms with E-state index in [1.165, 1.54) is 0 Å². The van der Waals surface area contributed by atoms with Crippen LogP contribution < -0.4 is 0 Å². The van der Waals surface area contributed by atoms with Crippen LogP contribution >= 0.6 is 11.8 Å². The first-order chi connectivity index (χ1) is 9.18. The van der Waals surface area contributed by atoms with Gasteiger partial charge in [0.25, 0.3) is 0 Å². The number of thioether (sulfide) groups is 1. The summed E-state index contributed by atoms with van der Waals surface area (Å²) < 4.78 is 0. The van der Waals surface area contributed by atoms with Crippen LogP contribution in [0.25, 0.3) is 0 Å². The van der Waals surface area contributed by atoms with Gasteiger partial charge in [0.1, 0.15) is 5.54 Å². The van der Waals surface area contributed by atoms with Crippen LogP contribution in [0.1, 0.15) is 24.8 Å². The van der Waals surface area contributed by atoms with Gasteiger partial charge in [0.15, 0.2) is 0 Å². The molecule has 0 spiro atoms. The highest BCUT2D eigenvalue weighted by atomic mass is 32.2. The molecule has 1 aliphatic rings. The van der Waals surface area contributed by atoms with E-state index < -0.39 is 5.54 Å². The minimum absolute atomic E-state index is 0.0420. The number of aromatic nitrogens is 1. The third kappa shape index (κ3) is 3.07. The maximum absolute atomic E-state index is 12.1. The second-order valence-corrected chi connectivity index (χ2v) is 5.78. The number of nitriles is 1. The molecule has 1 saturated carbocycles. The Labute approximate surface area is 117 Å². The summed E-state index contributed by atoms with van der Waals surface area (Å²) in [6.07, 6.45) is 6.16. The predicted molar refractivity (Wildman–Crippen MR) is 75.4 cm³/mol. The zero-order valence-electron chi connectivity index (χ0n) is 11.0. The Morgan fingerprint density at radius 3 is 2.74 bits per heavy atom. The second kappa shape index (κ2) is 6.07. The number of pyridine rings is 1. The monoisotopic (exact) mass is 275 g/mol. The van der Waals surface area contributed by atoms with E-state index >= 15 is 0 Å². The van der Waals surface area contributed by atoms with Crippen LogP contribution in [-0.4, -0.2) is 34.1 Å². The highest BCUT2D eigenvalue weighted by Crippen LogP contribution is 2.36. The summed E-state index contributed by atoms with van der Waals surface area (Å²) in [6.45, 7) is 0. The predicted octanol–water partition coefficient (Wildman–Crippen LogP) is 2.22. The Kier molecular flexibility index (Phi) is 4.43. The molecule has 0 N–H and O–H groups in total. The molecule has 100 valence electrons. The molecule has 0 bridgehead atoms. The molecule has 4 nitrogen and oxygen atoms in total. The number of rotatable bonds is 5. The number of carbonyl (C=O) groups is 1. The van der Waals surface area contributed by atoms with Crippen LogP contribution in [0.15, 0.2) is 24.5 Å². The topological polar surface area (TPSA) is 57.0 Å². The number of carbonyl (C=O) groups excluding carboxylic acids is 1. The normalized spacial score (nSPS) is 16.2. The summed E-state index contributed by atoms with van der Waals surface area (Å²) in [5, 5.41) is 9.20. The summed E-state index contributed by atoms with van der Waals surface area (Å²) in [6, 6.07) is 6.19. The Morgan fingerprint density at radius 2 is 2.21 bits per heavy atom. The van der Waals surface area contributed by atoms with E-state index in [9.17, 15) is 10.1 Å². The van der Waals surface area contributed by atoms with Crippen molar-refractivity contribution >= 4 is 17.7 Å². The number of hydrogen-bond donors (Lipinski definition) is 0. The van der Waals surface area contributed by atoms with Gasteiger partial charge >= 0.3 is 0 Å². The number of nitrogens with zero attached hydrogens (tertiary/aromatic N) is 3. The van der Waals surface area contributed by atoms with Crippen molar-refractivity contribution in [3.8, 4) is 6.07 Å². The van der Waals surface area contributed by atoms with Gasteiger partial charge in [-0.25, -0.2) is 0 Å². The molecule has 0 unspecified atom stereocenters. The molecule has 0 radical (unpaired) electrons. The van der Waals surface area contributed by atoms with Crippen molar-refractivity contribution in [1.29, 1.82) is 5.26 Å². The third-order valence-electron chi connectivity index (χ3n) is 3.65. The summed E-state index contributed by atoms with van der Waals surface area (Å²) in [7, 11) is 1.75. The highest BCUT2D eigenvalue weighted by Gasteiger charge is 2.43. The largest absolute Gasteiger partial charge is 0.326 e. The first-order valence-electron chi connectivity index (χ1n) is 6.32. The van der Waals surface area contributed by atoms with E-state index in [0.717, 1.165) is 30.6 Å². The van der Waals surface area contributed by atoms with Crippen LogP contribution in [0.5, 0.6) is 0 Å². The smallest absolute Gasteiger partial charge is 0.233 e. The SMILES string of the molecule is CN(C(=O)CSCc1ccncc1)C1(C#N)CCC1. The first kappa shape index (κ1) is 13.9. The summed E-state index contributed by atoms with van der Waals surface area (Å²) >= 11 is 1.58. The molecule has 1 amide bonds. The Morgan fingerprint density at radius 1 is 1.53 bits per heavy atom. The third-order valence-corrected chi connectivity index (χ3v) is 4.64. The van der Waals surface area contributed by atoms with Gasteiger partial charge < -0.3 is 4.90 Å². The zero-order chi connectivity index (χ0) is 13.7. The van der Waals surface area contributed by atoms with Crippen molar-refractivity contribution in [3.63, 3.8) is 0 Å². The fourth-order valence-electron chi connectivity index (χ4n) is 2.10. The van der Waals surface area contributed by atoms with Gasteiger partial charge in [-0.2, -0.15) is 5.26 Å². The van der Waals surface area contributed by atoms with E-state index in [1.807, 2.05) is 12.1 Å². The van der Waals surface area contributed by atoms with Crippen LogP contribution in [-0.2, 0) is 10.5 Å². The average Bonchev–Trinajstić information content (AvgIpc) is 2.39. The van der Waals surface area contributed by atoms with Crippen molar-refractivity contribution in [2.75, 3.05) is 12.8 Å². The van der Waals surface area contributed by atoms with Gasteiger partial charge in [0, 0.05) is 25.2 Å². The van der Waals surface area contributed by atoms with Crippen LogP contribution in [0.4, 0.5) is 0 Å². The average molecular weight is 275 g/mol. The molecule has 0 saturated heterocycles. The molecular formula is C14H17N3OS. The summed E-state index contributed by atoms with van der Waals surface area (Å²) in [5.74, 6) is 1.25. The van der Waals surface area contributed by atoms with Gasteiger partial charge in [-0.15, -0.1) is 11.8 Å². The molecular weight excluding hydrogens is 258 g/mol. The lowest BCUT2D eigenvalue weighted by molar-refractivity contribution is -0.133. The van der Waals surface area contributed by atoms with E-state index in [0.29, 0.717) is 5.75 Å². The van der Waals surface area contributed by atoms with E-state index in [4.69, 9.17) is 0 Å². The van der Waals surface area contributed by atoms with Gasteiger partial charge in [-0.3, -0.25) is 9.78 Å². The maximum atomic E-state index is 12.1. The van der Waals surface area contributed by atoms with Gasteiger partial charge in [-0.1, -0.05) is 0 Å². The van der Waals surface area contributed by atoms with Gasteiger partial charge in [0.2, 0.25) is 5.91 Å². The van der Waals surface area contributed by atoms with Crippen molar-refractivity contribution in [2.24, 2.45) is 0 Å². The van der Waals surface area contributed by atoms with Gasteiger partial charge in [-0.05, 0) is 37.0 Å². The lowest BCUT2D eigenvalue weighted by Gasteiger charge is -2.42. The molecule has 1 fully saturated rings. The summed E-state index contributed by atoms with van der Waals surface area (Å²) in [5.41, 5.74) is 0.628. The molecule has 1 heterocycles. The molecule has 1 aliphatic carbocycles. The van der Waals surface area contributed by atoms with E-state index in [-0.39, 0.29) is 5.91 Å². The second-order valence-electron chi connectivity index (χ2n) is 4.80. The number of amides is 1. The number of hydrogen-bond acceptors (Lipinski definition) is 4. The minimum Gasteiger partial charge on any atom is -0.326 e. The van der Waals surface area contributed by atoms with Crippen molar-refractivity contribution in [2.45, 2.75) is 30.6 Å². The first-order valence-corrected chi connectivity index (χ1v) is 7.48. The fourth-order valence-corrected chi connectivity index (χ4v) is 3.00. The molecule has 5 heteroatoms. The van der Waals surface area contributed by atoms with Crippen LogP contribution in [0.2, 0.25) is 0 Å².